The number of hydrogen-bond acceptors (Lipinski definition) is 4. The molecule has 28 aromatic rings. The number of allylic oxidation sites excluding steroid dienone is 6. The highest BCUT2D eigenvalue weighted by Crippen LogP contribution is 2.58. The molecule has 6 unspecified atom stereocenters. The molecule has 146 heavy (non-hydrogen) atoms. The molecule has 4 heteroatoms. The summed E-state index contributed by atoms with van der Waals surface area (Å²) in [5, 5.41) is 44.3. The van der Waals surface area contributed by atoms with E-state index in [2.05, 4.69) is 496 Å². The number of hydrogen-bond donors (Lipinski definition) is 0. The van der Waals surface area contributed by atoms with Gasteiger partial charge < -0.3 is 19.1 Å². The van der Waals surface area contributed by atoms with Crippen LogP contribution in [0.1, 0.15) is 51.1 Å². The molecular weight excluding hydrogens is 1770 g/mol. The Kier molecular flexibility index (Phi) is 17.5. The first-order valence-corrected chi connectivity index (χ1v) is 51.2. The summed E-state index contributed by atoms with van der Waals surface area (Å²) in [6.45, 7) is 0. The summed E-state index contributed by atoms with van der Waals surface area (Å²) in [6.07, 6.45) is 20.8. The Balaban J connectivity index is 0.0000000990. The fourth-order valence-corrected chi connectivity index (χ4v) is 26.5. The zero-order valence-electron chi connectivity index (χ0n) is 79.4. The maximum Gasteiger partial charge on any atom is 0.148 e. The molecule has 34 rings (SSSR count). The number of benzene rings is 28. The maximum absolute atomic E-state index is 7.13. The zero-order chi connectivity index (χ0) is 95.2. The van der Waals surface area contributed by atoms with Crippen molar-refractivity contribution < 1.29 is 14.2 Å². The number of rotatable bonds is 9. The van der Waals surface area contributed by atoms with Crippen LogP contribution in [0.2, 0.25) is 0 Å². The molecule has 6 aliphatic rings. The average molecular weight is 1860 g/mol. The molecule has 28 aromatic carbocycles. The first kappa shape index (κ1) is 81.2. The molecule has 0 spiro atoms. The maximum atomic E-state index is 7.13. The van der Waals surface area contributed by atoms with Crippen LogP contribution in [0.15, 0.2) is 491 Å². The van der Waals surface area contributed by atoms with E-state index in [4.69, 9.17) is 14.2 Å². The van der Waals surface area contributed by atoms with Gasteiger partial charge in [-0.2, -0.15) is 0 Å². The summed E-state index contributed by atoms with van der Waals surface area (Å²) in [6, 6.07) is 161. The third-order valence-electron chi connectivity index (χ3n) is 33.1. The molecule has 4 nitrogen and oxygen atoms in total. The minimum atomic E-state index is -0.123. The first-order chi connectivity index (χ1) is 72.4. The molecular formula is C142H87NO3. The number of para-hydroxylation sites is 4. The quantitative estimate of drug-likeness (QED) is 0.135. The number of fused-ring (bicyclic) bond motifs is 12. The van der Waals surface area contributed by atoms with Gasteiger partial charge in [-0.3, -0.25) is 0 Å². The van der Waals surface area contributed by atoms with Crippen LogP contribution in [-0.2, 0) is 0 Å². The van der Waals surface area contributed by atoms with Crippen LogP contribution in [0.4, 0.5) is 17.1 Å². The van der Waals surface area contributed by atoms with Crippen molar-refractivity contribution in [2.75, 3.05) is 4.90 Å². The minimum Gasteiger partial charge on any atom is -0.484 e. The Morgan fingerprint density at radius 2 is 0.459 bits per heavy atom. The molecule has 6 atom stereocenters. The molecule has 0 fully saturated rings. The lowest BCUT2D eigenvalue weighted by Gasteiger charge is -2.28. The summed E-state index contributed by atoms with van der Waals surface area (Å²) in [7, 11) is 0. The van der Waals surface area contributed by atoms with E-state index >= 15 is 0 Å². The van der Waals surface area contributed by atoms with Crippen molar-refractivity contribution in [1.82, 2.24) is 0 Å². The second-order valence-corrected chi connectivity index (χ2v) is 40.7. The Labute approximate surface area is 841 Å². The lowest BCUT2D eigenvalue weighted by Crippen LogP contribution is -2.17. The fraction of sp³-hybridized carbons (Fsp3) is 0.0423. The average Bonchev–Trinajstić information content (AvgIpc) is 1.51. The topological polar surface area (TPSA) is 30.9 Å². The number of anilines is 3. The summed E-state index contributed by atoms with van der Waals surface area (Å²) >= 11 is 0. The molecule has 0 saturated heterocycles. The number of ether oxygens (including phenoxy) is 3. The van der Waals surface area contributed by atoms with Gasteiger partial charge >= 0.3 is 0 Å². The predicted molar refractivity (Wildman–Crippen MR) is 616 cm³/mol. The van der Waals surface area contributed by atoms with Gasteiger partial charge in [0.05, 0.1) is 5.69 Å². The van der Waals surface area contributed by atoms with E-state index in [0.717, 1.165) is 34.3 Å². The van der Waals surface area contributed by atoms with E-state index < -0.39 is 0 Å². The Hall–Kier alpha value is -18.5. The van der Waals surface area contributed by atoms with E-state index in [1.807, 2.05) is 0 Å². The van der Waals surface area contributed by atoms with E-state index in [9.17, 15) is 0 Å². The summed E-state index contributed by atoms with van der Waals surface area (Å²) in [5.41, 5.74) is 21.7. The van der Waals surface area contributed by atoms with E-state index in [1.54, 1.807) is 0 Å². The van der Waals surface area contributed by atoms with Gasteiger partial charge in [0.25, 0.3) is 0 Å². The largest absolute Gasteiger partial charge is 0.484 e. The van der Waals surface area contributed by atoms with Crippen molar-refractivity contribution in [3.63, 3.8) is 0 Å². The van der Waals surface area contributed by atoms with E-state index in [0.29, 0.717) is 0 Å². The highest BCUT2D eigenvalue weighted by molar-refractivity contribution is 6.31. The smallest absolute Gasteiger partial charge is 0.148 e. The van der Waals surface area contributed by atoms with Gasteiger partial charge in [-0.1, -0.05) is 431 Å². The van der Waals surface area contributed by atoms with Crippen LogP contribution in [0.5, 0.6) is 17.2 Å². The van der Waals surface area contributed by atoms with Gasteiger partial charge in [-0.05, 0) is 299 Å². The van der Waals surface area contributed by atoms with Gasteiger partial charge in [0.1, 0.15) is 35.6 Å². The van der Waals surface area contributed by atoms with Crippen LogP contribution in [-0.4, -0.2) is 18.3 Å². The van der Waals surface area contributed by atoms with E-state index in [-0.39, 0.29) is 36.1 Å². The molecule has 0 amide bonds. The van der Waals surface area contributed by atoms with Gasteiger partial charge in [-0.25, -0.2) is 0 Å². The van der Waals surface area contributed by atoms with Crippen LogP contribution in [0.25, 0.3) is 233 Å². The van der Waals surface area contributed by atoms with Gasteiger partial charge in [0, 0.05) is 56.9 Å². The second-order valence-electron chi connectivity index (χ2n) is 40.7. The molecule has 3 aliphatic heterocycles. The summed E-state index contributed by atoms with van der Waals surface area (Å²) < 4.78 is 20.7. The molecule has 3 heterocycles. The predicted octanol–water partition coefficient (Wildman–Crippen LogP) is 37.8. The van der Waals surface area contributed by atoms with E-state index in [1.165, 1.54) is 267 Å². The zero-order valence-corrected chi connectivity index (χ0v) is 79.4. The van der Waals surface area contributed by atoms with Crippen molar-refractivity contribution >= 4 is 217 Å². The highest BCUT2D eigenvalue weighted by Gasteiger charge is 2.41. The summed E-state index contributed by atoms with van der Waals surface area (Å²) in [5.74, 6) is 3.32. The van der Waals surface area contributed by atoms with Crippen molar-refractivity contribution in [3.05, 3.63) is 525 Å². The standard InChI is InChI=1S/C56H35NO.C44H26O.C42H26O/c1-3-13-42(14-4-1)57(43-15-5-2-6-16-43)50-33-41(45-27-22-39-20-18-35-10-8-12-37-24-29-47(45)55(39)53(35)37)32-49-48-31-40(25-30-51(48)58-56(49)50)44-26-21-38-19-17-34-9-7-11-36-23-28-46(44)54(38)52(34)36;1-4-25-10-12-29-14-19-32(34-21-16-27(6-1)40(25)42(29)34)31-18-23-39-38(24-31)37-9-3-8-36(44(37)45-39)33-20-15-30-13-11-26-5-2-7-28-17-22-35(33)43(30)41(26)28;1-2-10-30-28(7-1)23-37(33-12-4-3-11-32(30)33)35-13-6-14-36-38-24-29(19-22-39(38)43-42(35)36)31-20-17-27-16-15-25-8-5-9-26-18-21-34(31)41(27)40(25)26/h1-33,48,51H;1-24,38-39H;1-24,38-39H. The molecule has 0 aromatic heterocycles. The van der Waals surface area contributed by atoms with Gasteiger partial charge in [0.15, 0.2) is 0 Å². The lowest BCUT2D eigenvalue weighted by atomic mass is 9.83. The monoisotopic (exact) mass is 1850 g/mol. The van der Waals surface area contributed by atoms with Gasteiger partial charge in [-0.15, -0.1) is 0 Å². The lowest BCUT2D eigenvalue weighted by molar-refractivity contribution is 0.270. The molecule has 3 aliphatic carbocycles. The fourth-order valence-electron chi connectivity index (χ4n) is 26.5. The second kappa shape index (κ2) is 31.5. The van der Waals surface area contributed by atoms with Crippen molar-refractivity contribution in [3.8, 4) is 50.6 Å². The normalized spacial score (nSPS) is 17.0. The van der Waals surface area contributed by atoms with Crippen molar-refractivity contribution in [2.24, 2.45) is 0 Å². The Morgan fingerprint density at radius 3 is 0.856 bits per heavy atom. The number of nitrogens with zero attached hydrogens (tertiary/aromatic N) is 1. The van der Waals surface area contributed by atoms with Crippen LogP contribution < -0.4 is 19.1 Å². The third-order valence-corrected chi connectivity index (χ3v) is 33.1. The first-order valence-electron chi connectivity index (χ1n) is 51.2. The third kappa shape index (κ3) is 12.2. The molecule has 0 radical (unpaired) electrons. The molecule has 678 valence electrons. The Morgan fingerprint density at radius 1 is 0.171 bits per heavy atom. The van der Waals surface area contributed by atoms with Crippen LogP contribution >= 0.6 is 0 Å². The Bertz CT molecular complexity index is 10500. The highest BCUT2D eigenvalue weighted by atomic mass is 16.5. The van der Waals surface area contributed by atoms with Crippen molar-refractivity contribution in [2.45, 2.75) is 36.1 Å². The van der Waals surface area contributed by atoms with Gasteiger partial charge in [0.2, 0.25) is 0 Å². The van der Waals surface area contributed by atoms with Crippen molar-refractivity contribution in [1.29, 1.82) is 0 Å². The molecule has 0 saturated carbocycles. The van der Waals surface area contributed by atoms with Crippen LogP contribution in [0, 0.1) is 0 Å². The molecule has 0 bridgehead atoms. The molecule has 0 N–H and O–H groups in total. The summed E-state index contributed by atoms with van der Waals surface area (Å²) in [4.78, 5) is 2.37. The minimum absolute atomic E-state index is 0.00796. The SMILES string of the molecule is C1=CC2Oc3c(-c4cc5ccccc5c5ccccc45)cccc3C2C=C1c1ccc2ccc3cccc4ccc1c2c34.C1=CC2Oc3c(-c4ccc5ccc6cccc7ccc4c5c67)cccc3C2C=C1c1ccc2ccc3cccc4ccc1c2c34.C1=CC2Oc3c(cc(-c4ccc5ccc6cccc7ccc4c5c67)cc3N(c3ccccc3)c3ccccc3)C2C=C1c1ccc2ccc3cccc4ccc1c2c34. The van der Waals surface area contributed by atoms with Crippen LogP contribution in [0.3, 0.4) is 0 Å².